The molecule has 15 heteroatoms. The van der Waals surface area contributed by atoms with Crippen molar-refractivity contribution in [3.63, 3.8) is 0 Å². The molecule has 3 N–H and O–H groups in total. The van der Waals surface area contributed by atoms with Gasteiger partial charge in [-0.1, -0.05) is 30.3 Å². The number of ether oxygens (including phenoxy) is 2. The highest BCUT2D eigenvalue weighted by molar-refractivity contribution is 7.89. The number of benzene rings is 4. The molecule has 5 rings (SSSR count). The van der Waals surface area contributed by atoms with E-state index in [9.17, 15) is 31.2 Å². The van der Waals surface area contributed by atoms with Crippen LogP contribution in [-0.2, 0) is 26.0 Å². The van der Waals surface area contributed by atoms with Gasteiger partial charge in [-0.3, -0.25) is 4.79 Å². The zero-order valence-corrected chi connectivity index (χ0v) is 29.4. The molecule has 1 saturated heterocycles. The van der Waals surface area contributed by atoms with E-state index in [-0.39, 0.29) is 52.4 Å². The number of piperazine rings is 1. The second kappa shape index (κ2) is 16.6. The number of carbonyl (C=O) groups excluding carboxylic acids is 2. The SMILES string of the molecule is COC(=O)N[C@H](C(=O)Nc1cccc(F)c1CC[C@H]1CNC[C@H](C)N1S(=O)(=O)c1ccccc1OC)[C@@H](c1ccc(F)cc1)c1cc(F)cc(F)c1. The standard InChI is InChI=1S/C37H38F4N4O6S/c1-22-20-42-21-28(45(22)52(48,49)33-10-5-4-9-32(33)50-2)15-16-29-30(41)7-6-8-31(29)43-36(46)35(44-37(47)51-3)34(23-11-13-25(38)14-12-23)24-17-26(39)19-27(40)18-24/h4-14,17-19,22,28,34-35,42H,15-16,20-21H2,1-3H3,(H,43,46)(H,44,47)/t22-,28-,34-,35-/m0/s1. The van der Waals surface area contributed by atoms with Gasteiger partial charge in [0.25, 0.3) is 0 Å². The lowest BCUT2D eigenvalue weighted by Crippen LogP contribution is -2.58. The quantitative estimate of drug-likeness (QED) is 0.158. The van der Waals surface area contributed by atoms with Crippen molar-refractivity contribution < 1.29 is 45.0 Å². The van der Waals surface area contributed by atoms with E-state index in [0.717, 1.165) is 31.4 Å². The number of nitrogens with zero attached hydrogens (tertiary/aromatic N) is 1. The molecule has 4 aromatic rings. The number of amides is 2. The van der Waals surface area contributed by atoms with E-state index in [2.05, 4.69) is 16.0 Å². The van der Waals surface area contributed by atoms with Crippen LogP contribution >= 0.6 is 0 Å². The van der Waals surface area contributed by atoms with E-state index in [1.165, 1.54) is 47.8 Å². The van der Waals surface area contributed by atoms with Crippen LogP contribution in [0.1, 0.15) is 36.0 Å². The average molecular weight is 743 g/mol. The van der Waals surface area contributed by atoms with Crippen molar-refractivity contribution in [3.8, 4) is 5.75 Å². The van der Waals surface area contributed by atoms with Gasteiger partial charge >= 0.3 is 6.09 Å². The van der Waals surface area contributed by atoms with Crippen LogP contribution in [-0.4, -0.2) is 70.2 Å². The summed E-state index contributed by atoms with van der Waals surface area (Å²) >= 11 is 0. The molecule has 1 aliphatic rings. The molecule has 0 spiro atoms. The molecule has 1 heterocycles. The Bertz CT molecular complexity index is 2000. The third-order valence-corrected chi connectivity index (χ3v) is 11.0. The number of sulfonamides is 1. The van der Waals surface area contributed by atoms with Gasteiger partial charge in [0.05, 0.1) is 14.2 Å². The Morgan fingerprint density at radius 3 is 2.25 bits per heavy atom. The minimum absolute atomic E-state index is 0.00636. The molecule has 2 amide bonds. The number of halogens is 4. The highest BCUT2D eigenvalue weighted by Gasteiger charge is 2.39. The Labute approximate surface area is 299 Å². The second-order valence-electron chi connectivity index (χ2n) is 12.3. The number of nitrogens with one attached hydrogen (secondary N) is 3. The molecule has 0 saturated carbocycles. The maximum atomic E-state index is 15.6. The van der Waals surface area contributed by atoms with Crippen molar-refractivity contribution in [2.45, 2.75) is 48.7 Å². The lowest BCUT2D eigenvalue weighted by Gasteiger charge is -2.40. The molecule has 0 bridgehead atoms. The van der Waals surface area contributed by atoms with Gasteiger partial charge in [-0.25, -0.2) is 30.8 Å². The number of hydrogen-bond acceptors (Lipinski definition) is 7. The number of anilines is 1. The first-order valence-corrected chi connectivity index (χ1v) is 17.8. The van der Waals surface area contributed by atoms with Crippen LogP contribution in [0.3, 0.4) is 0 Å². The van der Waals surface area contributed by atoms with Crippen molar-refractivity contribution in [2.75, 3.05) is 32.6 Å². The minimum Gasteiger partial charge on any atom is -0.495 e. The summed E-state index contributed by atoms with van der Waals surface area (Å²) in [7, 11) is -1.63. The minimum atomic E-state index is -4.07. The number of rotatable bonds is 12. The van der Waals surface area contributed by atoms with Gasteiger partial charge in [-0.2, -0.15) is 4.31 Å². The summed E-state index contributed by atoms with van der Waals surface area (Å²) in [5, 5.41) is 8.28. The van der Waals surface area contributed by atoms with Crippen molar-refractivity contribution in [1.82, 2.24) is 14.9 Å². The normalized spacial score (nSPS) is 17.5. The van der Waals surface area contributed by atoms with Crippen LogP contribution in [0.15, 0.2) is 89.8 Å². The fraction of sp³-hybridized carbons (Fsp3) is 0.297. The van der Waals surface area contributed by atoms with Crippen LogP contribution in [0.2, 0.25) is 0 Å². The highest BCUT2D eigenvalue weighted by Crippen LogP contribution is 2.34. The fourth-order valence-corrected chi connectivity index (χ4v) is 8.55. The summed E-state index contributed by atoms with van der Waals surface area (Å²) in [5.41, 5.74) is 0.227. The van der Waals surface area contributed by atoms with Crippen molar-refractivity contribution in [2.24, 2.45) is 0 Å². The molecule has 0 unspecified atom stereocenters. The molecule has 1 aliphatic heterocycles. The predicted molar refractivity (Wildman–Crippen MR) is 185 cm³/mol. The van der Waals surface area contributed by atoms with E-state index < -0.39 is 69.3 Å². The van der Waals surface area contributed by atoms with Crippen molar-refractivity contribution >= 4 is 27.7 Å². The van der Waals surface area contributed by atoms with Crippen LogP contribution in [0.5, 0.6) is 5.75 Å². The summed E-state index contributed by atoms with van der Waals surface area (Å²) in [5.74, 6) is -5.22. The van der Waals surface area contributed by atoms with E-state index in [1.54, 1.807) is 25.1 Å². The first kappa shape index (κ1) is 38.2. The number of carbonyl (C=O) groups is 2. The van der Waals surface area contributed by atoms with E-state index in [4.69, 9.17) is 9.47 Å². The number of para-hydroxylation sites is 1. The summed E-state index contributed by atoms with van der Waals surface area (Å²) in [4.78, 5) is 26.7. The van der Waals surface area contributed by atoms with E-state index >= 15 is 4.39 Å². The second-order valence-corrected chi connectivity index (χ2v) is 14.1. The Kier molecular flexibility index (Phi) is 12.2. The Balaban J connectivity index is 1.47. The molecular formula is C37H38F4N4O6S. The van der Waals surface area contributed by atoms with Crippen LogP contribution < -0.4 is 20.7 Å². The molecule has 0 radical (unpaired) electrons. The number of alkyl carbamates (subject to hydrolysis) is 1. The molecule has 52 heavy (non-hydrogen) atoms. The Morgan fingerprint density at radius 2 is 1.58 bits per heavy atom. The summed E-state index contributed by atoms with van der Waals surface area (Å²) in [6.07, 6.45) is -0.941. The van der Waals surface area contributed by atoms with Crippen molar-refractivity contribution in [1.29, 1.82) is 0 Å². The largest absolute Gasteiger partial charge is 0.495 e. The Hall–Kier alpha value is -4.99. The molecule has 0 aliphatic carbocycles. The van der Waals surface area contributed by atoms with E-state index in [1.807, 2.05) is 0 Å². The highest BCUT2D eigenvalue weighted by atomic mass is 32.2. The van der Waals surface area contributed by atoms with Crippen LogP contribution in [0.4, 0.5) is 28.0 Å². The zero-order chi connectivity index (χ0) is 37.6. The number of methoxy groups -OCH3 is 2. The van der Waals surface area contributed by atoms with Gasteiger partial charge in [-0.15, -0.1) is 0 Å². The summed E-state index contributed by atoms with van der Waals surface area (Å²) in [6.45, 7) is 2.41. The Morgan fingerprint density at radius 1 is 0.885 bits per heavy atom. The summed E-state index contributed by atoms with van der Waals surface area (Å²) in [6, 6.07) is 14.9. The van der Waals surface area contributed by atoms with Gasteiger partial charge in [0.1, 0.15) is 40.0 Å². The lowest BCUT2D eigenvalue weighted by molar-refractivity contribution is -0.118. The lowest BCUT2D eigenvalue weighted by atomic mass is 9.84. The summed E-state index contributed by atoms with van der Waals surface area (Å²) < 4.78 is 98.0. The smallest absolute Gasteiger partial charge is 0.407 e. The molecule has 0 aromatic heterocycles. The molecule has 4 atom stereocenters. The van der Waals surface area contributed by atoms with E-state index in [0.29, 0.717) is 12.6 Å². The molecule has 4 aromatic carbocycles. The predicted octanol–water partition coefficient (Wildman–Crippen LogP) is 5.73. The zero-order valence-electron chi connectivity index (χ0n) is 28.5. The molecule has 10 nitrogen and oxygen atoms in total. The monoisotopic (exact) mass is 742 g/mol. The van der Waals surface area contributed by atoms with Crippen molar-refractivity contribution in [3.05, 3.63) is 125 Å². The van der Waals surface area contributed by atoms with Crippen LogP contribution in [0.25, 0.3) is 0 Å². The fourth-order valence-electron chi connectivity index (χ4n) is 6.55. The molecule has 1 fully saturated rings. The van der Waals surface area contributed by atoms with Gasteiger partial charge < -0.3 is 25.4 Å². The van der Waals surface area contributed by atoms with Gasteiger partial charge in [0.2, 0.25) is 15.9 Å². The van der Waals surface area contributed by atoms with Gasteiger partial charge in [0, 0.05) is 48.4 Å². The number of hydrogen-bond donors (Lipinski definition) is 3. The first-order chi connectivity index (χ1) is 24.8. The maximum Gasteiger partial charge on any atom is 0.407 e. The third-order valence-electron chi connectivity index (χ3n) is 8.89. The topological polar surface area (TPSA) is 126 Å². The van der Waals surface area contributed by atoms with Gasteiger partial charge in [-0.05, 0) is 79.4 Å². The van der Waals surface area contributed by atoms with Crippen LogP contribution in [0, 0.1) is 23.3 Å². The maximum absolute atomic E-state index is 15.6. The third kappa shape index (κ3) is 8.54. The molecular weight excluding hydrogens is 704 g/mol. The average Bonchev–Trinajstić information content (AvgIpc) is 3.11. The molecule has 276 valence electrons. The van der Waals surface area contributed by atoms with Gasteiger partial charge in [0.15, 0.2) is 0 Å². The first-order valence-electron chi connectivity index (χ1n) is 16.4.